The third-order valence-corrected chi connectivity index (χ3v) is 6.04. The number of hydrogen-bond acceptors (Lipinski definition) is 8. The molecule has 41 heavy (non-hydrogen) atoms. The van der Waals surface area contributed by atoms with Crippen molar-refractivity contribution in [3.8, 4) is 0 Å². The SMILES string of the molecule is O=C(/C=C/c1ccccc1)OC[C@@H]1C[C@H](OC(=O)/C=C/c2ccccc2)[C@@H](OC(=O)/C=C/c2ccccc2)[C@H](O)O1. The van der Waals surface area contributed by atoms with Gasteiger partial charge in [-0.05, 0) is 34.9 Å². The number of aliphatic hydroxyl groups is 1. The lowest BCUT2D eigenvalue weighted by atomic mass is 10.0. The van der Waals surface area contributed by atoms with E-state index in [-0.39, 0.29) is 13.0 Å². The molecular weight excluding hydrogens is 524 g/mol. The normalized spacial score (nSPS) is 20.7. The van der Waals surface area contributed by atoms with E-state index in [4.69, 9.17) is 18.9 Å². The Kier molecular flexibility index (Phi) is 10.8. The smallest absolute Gasteiger partial charge is 0.331 e. The van der Waals surface area contributed by atoms with Gasteiger partial charge in [-0.15, -0.1) is 0 Å². The molecule has 0 spiro atoms. The summed E-state index contributed by atoms with van der Waals surface area (Å²) in [6.45, 7) is -0.211. The van der Waals surface area contributed by atoms with Crippen LogP contribution in [0.3, 0.4) is 0 Å². The summed E-state index contributed by atoms with van der Waals surface area (Å²) < 4.78 is 21.9. The summed E-state index contributed by atoms with van der Waals surface area (Å²) in [7, 11) is 0. The number of ether oxygens (including phenoxy) is 4. The summed E-state index contributed by atoms with van der Waals surface area (Å²) in [6.07, 6.45) is 3.70. The summed E-state index contributed by atoms with van der Waals surface area (Å²) in [4.78, 5) is 37.4. The van der Waals surface area contributed by atoms with Gasteiger partial charge in [0, 0.05) is 24.6 Å². The van der Waals surface area contributed by atoms with Crippen molar-refractivity contribution in [3.63, 3.8) is 0 Å². The second-order valence-corrected chi connectivity index (χ2v) is 9.12. The number of carbonyl (C=O) groups is 3. The largest absolute Gasteiger partial charge is 0.460 e. The first-order valence-corrected chi connectivity index (χ1v) is 13.1. The molecule has 4 atom stereocenters. The minimum atomic E-state index is -1.63. The van der Waals surface area contributed by atoms with Crippen LogP contribution in [-0.2, 0) is 33.3 Å². The maximum atomic E-state index is 12.6. The summed E-state index contributed by atoms with van der Waals surface area (Å²) in [5.74, 6) is -2.06. The van der Waals surface area contributed by atoms with E-state index in [0.717, 1.165) is 16.7 Å². The topological polar surface area (TPSA) is 108 Å². The molecule has 0 bridgehead atoms. The molecule has 0 aromatic heterocycles. The molecule has 1 saturated heterocycles. The predicted molar refractivity (Wildman–Crippen MR) is 153 cm³/mol. The van der Waals surface area contributed by atoms with Crippen LogP contribution in [0.2, 0.25) is 0 Å². The van der Waals surface area contributed by atoms with Gasteiger partial charge >= 0.3 is 17.9 Å². The van der Waals surface area contributed by atoms with Crippen molar-refractivity contribution < 1.29 is 38.4 Å². The molecule has 4 rings (SSSR count). The van der Waals surface area contributed by atoms with Crippen LogP contribution in [0.5, 0.6) is 0 Å². The highest BCUT2D eigenvalue weighted by Gasteiger charge is 2.43. The van der Waals surface area contributed by atoms with Crippen molar-refractivity contribution in [1.82, 2.24) is 0 Å². The van der Waals surface area contributed by atoms with E-state index in [9.17, 15) is 19.5 Å². The Labute approximate surface area is 238 Å². The minimum absolute atomic E-state index is 0.0119. The fourth-order valence-corrected chi connectivity index (χ4v) is 4.03. The Bertz CT molecular complexity index is 1370. The van der Waals surface area contributed by atoms with Gasteiger partial charge in [0.15, 0.2) is 12.4 Å². The molecule has 0 amide bonds. The number of esters is 3. The molecule has 1 heterocycles. The zero-order chi connectivity index (χ0) is 28.9. The molecule has 1 aliphatic heterocycles. The van der Waals surface area contributed by atoms with Gasteiger partial charge in [-0.3, -0.25) is 0 Å². The Balaban J connectivity index is 1.40. The first-order valence-electron chi connectivity index (χ1n) is 13.1. The van der Waals surface area contributed by atoms with Crippen molar-refractivity contribution in [3.05, 3.63) is 126 Å². The van der Waals surface area contributed by atoms with Gasteiger partial charge < -0.3 is 24.1 Å². The molecule has 1 aliphatic rings. The molecular formula is C33H30O8. The standard InChI is InChI=1S/C33H30O8/c34-29(19-16-24-10-4-1-5-11-24)38-23-27-22-28(40-30(35)20-17-25-12-6-2-7-13-25)32(33(37)39-27)41-31(36)21-18-26-14-8-3-9-15-26/h1-21,27-28,32-33,37H,22-23H2/b19-16+,20-17+,21-18+/t27-,28-,32+,33+/m0/s1. The lowest BCUT2D eigenvalue weighted by molar-refractivity contribution is -0.262. The third kappa shape index (κ3) is 9.72. The van der Waals surface area contributed by atoms with E-state index in [1.807, 2.05) is 91.0 Å². The average Bonchev–Trinajstić information content (AvgIpc) is 3.00. The number of hydrogen-bond donors (Lipinski definition) is 1. The van der Waals surface area contributed by atoms with E-state index in [1.54, 1.807) is 18.2 Å². The summed E-state index contributed by atoms with van der Waals surface area (Å²) in [5, 5.41) is 10.7. The minimum Gasteiger partial charge on any atom is -0.460 e. The van der Waals surface area contributed by atoms with Crippen LogP contribution in [0, 0.1) is 0 Å². The van der Waals surface area contributed by atoms with Crippen LogP contribution in [0.4, 0.5) is 0 Å². The molecule has 210 valence electrons. The van der Waals surface area contributed by atoms with Gasteiger partial charge in [-0.25, -0.2) is 14.4 Å². The molecule has 0 unspecified atom stereocenters. The number of benzene rings is 3. The first-order chi connectivity index (χ1) is 20.0. The molecule has 0 saturated carbocycles. The van der Waals surface area contributed by atoms with Gasteiger partial charge in [-0.1, -0.05) is 91.0 Å². The lowest BCUT2D eigenvalue weighted by Gasteiger charge is -2.37. The number of carbonyl (C=O) groups excluding carboxylic acids is 3. The summed E-state index contributed by atoms with van der Waals surface area (Å²) >= 11 is 0. The van der Waals surface area contributed by atoms with Gasteiger partial charge in [0.1, 0.15) is 12.7 Å². The van der Waals surface area contributed by atoms with Crippen LogP contribution in [0.1, 0.15) is 23.1 Å². The van der Waals surface area contributed by atoms with Crippen LogP contribution in [0.25, 0.3) is 18.2 Å². The van der Waals surface area contributed by atoms with E-state index in [1.165, 1.54) is 18.2 Å². The van der Waals surface area contributed by atoms with Gasteiger partial charge in [0.05, 0.1) is 6.10 Å². The lowest BCUT2D eigenvalue weighted by Crippen LogP contribution is -2.52. The Morgan fingerprint density at radius 3 is 1.61 bits per heavy atom. The Morgan fingerprint density at radius 2 is 1.12 bits per heavy atom. The van der Waals surface area contributed by atoms with Crippen molar-refractivity contribution in [1.29, 1.82) is 0 Å². The molecule has 1 fully saturated rings. The molecule has 1 N–H and O–H groups in total. The zero-order valence-corrected chi connectivity index (χ0v) is 22.2. The predicted octanol–water partition coefficient (Wildman–Crippen LogP) is 4.60. The second-order valence-electron chi connectivity index (χ2n) is 9.12. The molecule has 8 nitrogen and oxygen atoms in total. The molecule has 0 aliphatic carbocycles. The van der Waals surface area contributed by atoms with Crippen molar-refractivity contribution in [2.75, 3.05) is 6.61 Å². The fraction of sp³-hybridized carbons (Fsp3) is 0.182. The third-order valence-electron chi connectivity index (χ3n) is 6.04. The molecule has 8 heteroatoms. The molecule has 0 radical (unpaired) electrons. The second kappa shape index (κ2) is 15.1. The highest BCUT2D eigenvalue weighted by molar-refractivity contribution is 5.88. The monoisotopic (exact) mass is 554 g/mol. The van der Waals surface area contributed by atoms with Crippen LogP contribution < -0.4 is 0 Å². The summed E-state index contributed by atoms with van der Waals surface area (Å²) in [6, 6.07) is 27.5. The van der Waals surface area contributed by atoms with Crippen LogP contribution >= 0.6 is 0 Å². The highest BCUT2D eigenvalue weighted by atomic mass is 16.7. The van der Waals surface area contributed by atoms with Gasteiger partial charge in [0.25, 0.3) is 0 Å². The average molecular weight is 555 g/mol. The van der Waals surface area contributed by atoms with E-state index in [2.05, 4.69) is 0 Å². The number of rotatable bonds is 10. The Morgan fingerprint density at radius 1 is 0.683 bits per heavy atom. The van der Waals surface area contributed by atoms with E-state index >= 15 is 0 Å². The van der Waals surface area contributed by atoms with E-state index in [0.29, 0.717) is 0 Å². The quantitative estimate of drug-likeness (QED) is 0.220. The van der Waals surface area contributed by atoms with Crippen molar-refractivity contribution in [2.24, 2.45) is 0 Å². The van der Waals surface area contributed by atoms with Crippen LogP contribution in [-0.4, -0.2) is 54.2 Å². The fourth-order valence-electron chi connectivity index (χ4n) is 4.03. The zero-order valence-electron chi connectivity index (χ0n) is 22.2. The van der Waals surface area contributed by atoms with Gasteiger partial charge in [-0.2, -0.15) is 0 Å². The number of aliphatic hydroxyl groups excluding tert-OH is 1. The van der Waals surface area contributed by atoms with Crippen molar-refractivity contribution >= 4 is 36.1 Å². The summed E-state index contributed by atoms with van der Waals surface area (Å²) in [5.41, 5.74) is 2.40. The van der Waals surface area contributed by atoms with E-state index < -0.39 is 42.5 Å². The first kappa shape index (κ1) is 29.2. The van der Waals surface area contributed by atoms with Gasteiger partial charge in [0.2, 0.25) is 0 Å². The highest BCUT2D eigenvalue weighted by Crippen LogP contribution is 2.25. The maximum absolute atomic E-state index is 12.6. The maximum Gasteiger partial charge on any atom is 0.331 e. The molecule has 3 aromatic rings. The molecule has 3 aromatic carbocycles. The van der Waals surface area contributed by atoms with Crippen LogP contribution in [0.15, 0.2) is 109 Å². The Hall–Kier alpha value is -4.79. The van der Waals surface area contributed by atoms with Crippen molar-refractivity contribution in [2.45, 2.75) is 31.0 Å².